The van der Waals surface area contributed by atoms with Crippen molar-refractivity contribution in [3.8, 4) is 5.75 Å². The molecular formula is C26H31F2N5O3. The highest BCUT2D eigenvalue weighted by Gasteiger charge is 2.23. The van der Waals surface area contributed by atoms with E-state index in [0.29, 0.717) is 36.0 Å². The molecule has 8 nitrogen and oxygen atoms in total. The first kappa shape index (κ1) is 25.6. The third-order valence-electron chi connectivity index (χ3n) is 5.92. The Hall–Kier alpha value is -3.53. The summed E-state index contributed by atoms with van der Waals surface area (Å²) in [4.78, 5) is 24.1. The van der Waals surface area contributed by atoms with Gasteiger partial charge in [-0.05, 0) is 68.5 Å². The molecule has 1 aromatic heterocycles. The fourth-order valence-electron chi connectivity index (χ4n) is 4.14. The lowest BCUT2D eigenvalue weighted by molar-refractivity contribution is -0.158. The number of carbonyl (C=O) groups is 1. The summed E-state index contributed by atoms with van der Waals surface area (Å²) < 4.78 is 36.2. The normalized spacial score (nSPS) is 19.0. The van der Waals surface area contributed by atoms with Crippen molar-refractivity contribution in [2.24, 2.45) is 10.7 Å². The number of alkyl halides is 2. The van der Waals surface area contributed by atoms with Gasteiger partial charge in [-0.25, -0.2) is 4.98 Å². The molecule has 1 amide bonds. The number of rotatable bonds is 8. The molecular weight excluding hydrogens is 468 g/mol. The Kier molecular flexibility index (Phi) is 8.14. The number of hydrogen-bond donors (Lipinski definition) is 2. The molecule has 192 valence electrons. The average molecular weight is 500 g/mol. The van der Waals surface area contributed by atoms with Crippen LogP contribution in [0.5, 0.6) is 5.75 Å². The highest BCUT2D eigenvalue weighted by molar-refractivity contribution is 6.05. The lowest BCUT2D eigenvalue weighted by Gasteiger charge is -2.21. The van der Waals surface area contributed by atoms with Crippen LogP contribution < -0.4 is 20.7 Å². The molecule has 3 heterocycles. The second kappa shape index (κ2) is 11.5. The molecule has 0 radical (unpaired) electrons. The zero-order valence-electron chi connectivity index (χ0n) is 20.3. The molecule has 2 aliphatic rings. The van der Waals surface area contributed by atoms with E-state index < -0.39 is 12.0 Å². The minimum atomic E-state index is -3.29. The molecule has 1 unspecified atom stereocenters. The Labute approximate surface area is 209 Å². The number of amides is 1. The summed E-state index contributed by atoms with van der Waals surface area (Å²) in [6.45, 7) is 3.11. The predicted octanol–water partition coefficient (Wildman–Crippen LogP) is 4.82. The van der Waals surface area contributed by atoms with Crippen LogP contribution in [0, 0.1) is 0 Å². The van der Waals surface area contributed by atoms with Crippen molar-refractivity contribution in [3.63, 3.8) is 0 Å². The molecule has 3 N–H and O–H groups in total. The minimum Gasteiger partial charge on any atom is -0.433 e. The fraction of sp³-hybridized carbons (Fsp3) is 0.423. The first-order chi connectivity index (χ1) is 17.3. The van der Waals surface area contributed by atoms with Gasteiger partial charge in [0.1, 0.15) is 17.8 Å². The van der Waals surface area contributed by atoms with Crippen LogP contribution in [0.3, 0.4) is 0 Å². The Balaban J connectivity index is 1.52. The molecule has 2 saturated heterocycles. The molecule has 2 fully saturated rings. The van der Waals surface area contributed by atoms with Crippen molar-refractivity contribution < 1.29 is 23.0 Å². The number of nitrogens with zero attached hydrogens (tertiary/aromatic N) is 3. The number of benzene rings is 1. The third-order valence-corrected chi connectivity index (χ3v) is 5.92. The van der Waals surface area contributed by atoms with E-state index >= 15 is 0 Å². The molecule has 1 atom stereocenters. The van der Waals surface area contributed by atoms with E-state index in [9.17, 15) is 13.6 Å². The number of halogens is 2. The van der Waals surface area contributed by atoms with Gasteiger partial charge < -0.3 is 25.4 Å². The summed E-state index contributed by atoms with van der Waals surface area (Å²) in [6, 6.07) is 7.42. The number of anilines is 2. The summed E-state index contributed by atoms with van der Waals surface area (Å²) in [6.07, 6.45) is 6.58. The minimum absolute atomic E-state index is 0.00220. The Morgan fingerprint density at radius 1 is 1.25 bits per heavy atom. The molecule has 2 aliphatic heterocycles. The smallest absolute Gasteiger partial charge is 0.394 e. The number of aliphatic imine (C=N–C) groups is 1. The second-order valence-electron chi connectivity index (χ2n) is 8.92. The molecule has 1 aromatic carbocycles. The zero-order valence-corrected chi connectivity index (χ0v) is 20.3. The summed E-state index contributed by atoms with van der Waals surface area (Å²) in [5.74, 6) is 0.322. The van der Waals surface area contributed by atoms with E-state index in [4.69, 9.17) is 10.5 Å². The largest absolute Gasteiger partial charge is 0.433 e. The van der Waals surface area contributed by atoms with Gasteiger partial charge in [-0.1, -0.05) is 0 Å². The monoisotopic (exact) mass is 499 g/mol. The van der Waals surface area contributed by atoms with Crippen molar-refractivity contribution >= 4 is 29.3 Å². The van der Waals surface area contributed by atoms with Crippen LogP contribution in [0.1, 0.15) is 54.9 Å². The SMILES string of the molecule is CC(F)(F)Oc1ccc(NC(=O)c2cnc(N3CCCC3)c(/C(N)=C/C=N/C3CCCCO3)c2)cc1. The average Bonchev–Trinajstić information content (AvgIpc) is 3.39. The number of nitrogens with one attached hydrogen (secondary N) is 1. The van der Waals surface area contributed by atoms with E-state index in [-0.39, 0.29) is 12.0 Å². The van der Waals surface area contributed by atoms with Gasteiger partial charge in [0, 0.05) is 56.0 Å². The molecule has 4 rings (SSSR count). The van der Waals surface area contributed by atoms with E-state index in [1.54, 1.807) is 18.4 Å². The summed E-state index contributed by atoms with van der Waals surface area (Å²) in [7, 11) is 0. The van der Waals surface area contributed by atoms with E-state index in [1.165, 1.54) is 30.5 Å². The summed E-state index contributed by atoms with van der Waals surface area (Å²) in [5.41, 5.74) is 8.26. The molecule has 10 heteroatoms. The van der Waals surface area contributed by atoms with Gasteiger partial charge in [-0.2, -0.15) is 8.78 Å². The summed E-state index contributed by atoms with van der Waals surface area (Å²) in [5, 5.41) is 2.75. The van der Waals surface area contributed by atoms with E-state index in [0.717, 1.165) is 51.0 Å². The van der Waals surface area contributed by atoms with Crippen molar-refractivity contribution in [1.82, 2.24) is 4.98 Å². The van der Waals surface area contributed by atoms with Gasteiger partial charge >= 0.3 is 6.11 Å². The van der Waals surface area contributed by atoms with Gasteiger partial charge in [0.2, 0.25) is 0 Å². The Bertz CT molecular complexity index is 1100. The predicted molar refractivity (Wildman–Crippen MR) is 136 cm³/mol. The van der Waals surface area contributed by atoms with Crippen molar-refractivity contribution in [1.29, 1.82) is 0 Å². The number of hydrogen-bond acceptors (Lipinski definition) is 7. The summed E-state index contributed by atoms with van der Waals surface area (Å²) >= 11 is 0. The molecule has 2 aromatic rings. The maximum atomic E-state index is 13.0. The van der Waals surface area contributed by atoms with E-state index in [2.05, 4.69) is 24.9 Å². The maximum absolute atomic E-state index is 13.0. The number of ether oxygens (including phenoxy) is 2. The van der Waals surface area contributed by atoms with Crippen LogP contribution in [0.25, 0.3) is 5.70 Å². The number of pyridine rings is 1. The van der Waals surface area contributed by atoms with Crippen molar-refractivity contribution in [2.45, 2.75) is 51.4 Å². The van der Waals surface area contributed by atoms with Gasteiger partial charge in [0.05, 0.1) is 5.56 Å². The highest BCUT2D eigenvalue weighted by atomic mass is 19.3. The van der Waals surface area contributed by atoms with Gasteiger partial charge in [-0.15, -0.1) is 0 Å². The fourth-order valence-corrected chi connectivity index (χ4v) is 4.14. The lowest BCUT2D eigenvalue weighted by Crippen LogP contribution is -2.22. The van der Waals surface area contributed by atoms with Crippen molar-refractivity contribution in [2.75, 3.05) is 29.9 Å². The first-order valence-electron chi connectivity index (χ1n) is 12.1. The van der Waals surface area contributed by atoms with Gasteiger partial charge in [-0.3, -0.25) is 9.79 Å². The molecule has 0 aliphatic carbocycles. The zero-order chi connectivity index (χ0) is 25.5. The number of allylic oxidation sites excluding steroid dienone is 1. The molecule has 36 heavy (non-hydrogen) atoms. The van der Waals surface area contributed by atoms with Crippen molar-refractivity contribution in [3.05, 3.63) is 53.7 Å². The van der Waals surface area contributed by atoms with Crippen LogP contribution in [-0.2, 0) is 4.74 Å². The lowest BCUT2D eigenvalue weighted by atomic mass is 10.1. The standard InChI is InChI=1S/C26H31F2N5O3/c1-26(27,28)36-20-9-7-19(8-10-20)32-25(34)18-16-21(24(31-17-18)33-13-3-4-14-33)22(29)11-12-30-23-6-2-5-15-35-23/h7-12,16-17,23H,2-6,13-15,29H2,1H3,(H,32,34)/b22-11-,30-12+. The Morgan fingerprint density at radius 3 is 2.67 bits per heavy atom. The first-order valence-corrected chi connectivity index (χ1v) is 12.1. The van der Waals surface area contributed by atoms with Crippen LogP contribution in [0.15, 0.2) is 47.6 Å². The number of aromatic nitrogens is 1. The second-order valence-corrected chi connectivity index (χ2v) is 8.92. The van der Waals surface area contributed by atoms with Crippen LogP contribution >= 0.6 is 0 Å². The molecule has 0 spiro atoms. The van der Waals surface area contributed by atoms with Gasteiger partial charge in [0.15, 0.2) is 0 Å². The molecule has 0 saturated carbocycles. The maximum Gasteiger partial charge on any atom is 0.394 e. The van der Waals surface area contributed by atoms with Crippen LogP contribution in [-0.4, -0.2) is 49.1 Å². The number of nitrogens with two attached hydrogens (primary N) is 1. The Morgan fingerprint density at radius 2 is 2.00 bits per heavy atom. The van der Waals surface area contributed by atoms with Crippen LogP contribution in [0.2, 0.25) is 0 Å². The van der Waals surface area contributed by atoms with Gasteiger partial charge in [0.25, 0.3) is 5.91 Å². The van der Waals surface area contributed by atoms with E-state index in [1.807, 2.05) is 0 Å². The number of carbonyl (C=O) groups excluding carboxylic acids is 1. The topological polar surface area (TPSA) is 102 Å². The third kappa shape index (κ3) is 7.00. The quantitative estimate of drug-likeness (QED) is 0.505. The van der Waals surface area contributed by atoms with Crippen LogP contribution in [0.4, 0.5) is 20.3 Å². The highest BCUT2D eigenvalue weighted by Crippen LogP contribution is 2.28. The molecule has 0 bridgehead atoms.